The smallest absolute Gasteiger partial charge is 0.326 e. The molecule has 0 radical (unpaired) electrons. The standard InChI is InChI=1S/C12H17NO4.C8H9NO4/c1-8-5-6-9(14)13(11(8)16)7-10(15)17-12(2,3)4;1-5-2-3-6(10)9(8(5)13)4-7(11)12/h1,5-7H2,2-4H3;1-4H2,(H,11,12). The molecular formula is C20H26N2O8. The highest BCUT2D eigenvalue weighted by molar-refractivity contribution is 6.09. The van der Waals surface area contributed by atoms with E-state index in [9.17, 15) is 28.8 Å². The third-order valence-electron chi connectivity index (χ3n) is 3.98. The zero-order chi connectivity index (χ0) is 23.2. The van der Waals surface area contributed by atoms with Gasteiger partial charge in [0.2, 0.25) is 11.8 Å². The summed E-state index contributed by atoms with van der Waals surface area (Å²) >= 11 is 0. The van der Waals surface area contributed by atoms with Crippen LogP contribution in [-0.2, 0) is 33.5 Å². The number of hydrogen-bond donors (Lipinski definition) is 1. The number of nitrogens with zero attached hydrogens (tertiary/aromatic N) is 2. The molecule has 2 heterocycles. The van der Waals surface area contributed by atoms with Crippen LogP contribution in [-0.4, -0.2) is 69.2 Å². The molecule has 1 N–H and O–H groups in total. The van der Waals surface area contributed by atoms with Crippen molar-refractivity contribution in [3.8, 4) is 0 Å². The van der Waals surface area contributed by atoms with Crippen molar-refractivity contribution in [3.05, 3.63) is 24.3 Å². The van der Waals surface area contributed by atoms with Gasteiger partial charge in [0.25, 0.3) is 11.8 Å². The summed E-state index contributed by atoms with van der Waals surface area (Å²) in [6, 6.07) is 0. The predicted octanol–water partition coefficient (Wildman–Crippen LogP) is 0.810. The minimum absolute atomic E-state index is 0.165. The number of carbonyl (C=O) groups is 6. The predicted molar refractivity (Wildman–Crippen MR) is 104 cm³/mol. The number of aliphatic carboxylic acids is 1. The Morgan fingerprint density at radius 1 is 0.867 bits per heavy atom. The van der Waals surface area contributed by atoms with Crippen molar-refractivity contribution in [2.45, 2.75) is 52.1 Å². The van der Waals surface area contributed by atoms with Crippen LogP contribution >= 0.6 is 0 Å². The molecule has 10 heteroatoms. The molecule has 0 aromatic heterocycles. The van der Waals surface area contributed by atoms with Crippen molar-refractivity contribution in [3.63, 3.8) is 0 Å². The number of rotatable bonds is 4. The van der Waals surface area contributed by atoms with Gasteiger partial charge in [0.1, 0.15) is 18.7 Å². The monoisotopic (exact) mass is 422 g/mol. The van der Waals surface area contributed by atoms with Crippen LogP contribution < -0.4 is 0 Å². The fraction of sp³-hybridized carbons (Fsp3) is 0.500. The van der Waals surface area contributed by atoms with Crippen molar-refractivity contribution in [2.75, 3.05) is 13.1 Å². The molecule has 0 atom stereocenters. The molecule has 0 spiro atoms. The van der Waals surface area contributed by atoms with Gasteiger partial charge in [-0.2, -0.15) is 0 Å². The van der Waals surface area contributed by atoms with E-state index in [1.807, 2.05) is 0 Å². The molecule has 0 bridgehead atoms. The van der Waals surface area contributed by atoms with E-state index in [0.29, 0.717) is 28.9 Å². The van der Waals surface area contributed by atoms with Crippen molar-refractivity contribution in [1.29, 1.82) is 0 Å². The zero-order valence-corrected chi connectivity index (χ0v) is 17.4. The maximum atomic E-state index is 11.6. The second-order valence-corrected chi connectivity index (χ2v) is 7.76. The first-order chi connectivity index (χ1) is 13.7. The molecule has 0 aromatic carbocycles. The van der Waals surface area contributed by atoms with Crippen LogP contribution in [0.25, 0.3) is 0 Å². The molecule has 0 aliphatic carbocycles. The van der Waals surface area contributed by atoms with Crippen LogP contribution in [0, 0.1) is 0 Å². The van der Waals surface area contributed by atoms with Crippen LogP contribution in [0.2, 0.25) is 0 Å². The second kappa shape index (κ2) is 9.95. The Labute approximate surface area is 174 Å². The molecule has 2 fully saturated rings. The van der Waals surface area contributed by atoms with Gasteiger partial charge in [0, 0.05) is 24.0 Å². The summed E-state index contributed by atoms with van der Waals surface area (Å²) in [5, 5.41) is 8.41. The SMILES string of the molecule is C=C1CCC(=O)N(CC(=O)O)C1=O.C=C1CCC(=O)N(CC(=O)OC(C)(C)C)C1=O. The van der Waals surface area contributed by atoms with E-state index in [1.54, 1.807) is 20.8 Å². The minimum atomic E-state index is -1.20. The van der Waals surface area contributed by atoms with Crippen LogP contribution in [0.3, 0.4) is 0 Å². The van der Waals surface area contributed by atoms with Crippen molar-refractivity contribution in [1.82, 2.24) is 9.80 Å². The molecule has 164 valence electrons. The van der Waals surface area contributed by atoms with E-state index in [4.69, 9.17) is 9.84 Å². The summed E-state index contributed by atoms with van der Waals surface area (Å²) in [4.78, 5) is 68.9. The van der Waals surface area contributed by atoms with E-state index in [-0.39, 0.29) is 25.3 Å². The average Bonchev–Trinajstić information content (AvgIpc) is 2.61. The van der Waals surface area contributed by atoms with Gasteiger partial charge in [-0.3, -0.25) is 38.6 Å². The Bertz CT molecular complexity index is 806. The van der Waals surface area contributed by atoms with Gasteiger partial charge >= 0.3 is 11.9 Å². The Hall–Kier alpha value is -3.30. The molecule has 2 rings (SSSR count). The van der Waals surface area contributed by atoms with Crippen LogP contribution in [0.4, 0.5) is 0 Å². The maximum Gasteiger partial charge on any atom is 0.326 e. The van der Waals surface area contributed by atoms with Crippen molar-refractivity contribution < 1.29 is 38.6 Å². The molecule has 30 heavy (non-hydrogen) atoms. The van der Waals surface area contributed by atoms with Gasteiger partial charge in [-0.05, 0) is 33.6 Å². The quantitative estimate of drug-likeness (QED) is 0.399. The average molecular weight is 422 g/mol. The first-order valence-electron chi connectivity index (χ1n) is 9.21. The van der Waals surface area contributed by atoms with Gasteiger partial charge in [-0.25, -0.2) is 0 Å². The largest absolute Gasteiger partial charge is 0.480 e. The van der Waals surface area contributed by atoms with Gasteiger partial charge in [-0.1, -0.05) is 13.2 Å². The lowest BCUT2D eigenvalue weighted by Gasteiger charge is -2.27. The Balaban J connectivity index is 0.000000311. The summed E-state index contributed by atoms with van der Waals surface area (Å²) in [7, 11) is 0. The highest BCUT2D eigenvalue weighted by atomic mass is 16.6. The second-order valence-electron chi connectivity index (χ2n) is 7.76. The number of carboxylic acid groups (broad SMARTS) is 1. The normalized spacial score (nSPS) is 17.6. The van der Waals surface area contributed by atoms with Crippen LogP contribution in [0.15, 0.2) is 24.3 Å². The Morgan fingerprint density at radius 3 is 1.63 bits per heavy atom. The Morgan fingerprint density at radius 2 is 1.27 bits per heavy atom. The fourth-order valence-corrected chi connectivity index (χ4v) is 2.57. The van der Waals surface area contributed by atoms with E-state index >= 15 is 0 Å². The minimum Gasteiger partial charge on any atom is -0.480 e. The first-order valence-corrected chi connectivity index (χ1v) is 9.21. The molecule has 0 aromatic rings. The highest BCUT2D eigenvalue weighted by Gasteiger charge is 2.32. The Kier molecular flexibility index (Phi) is 8.20. The van der Waals surface area contributed by atoms with Crippen molar-refractivity contribution >= 4 is 35.6 Å². The number of imide groups is 2. The number of carbonyl (C=O) groups excluding carboxylic acids is 5. The number of ether oxygens (including phenoxy) is 1. The lowest BCUT2D eigenvalue weighted by Crippen LogP contribution is -2.45. The summed E-state index contributed by atoms with van der Waals surface area (Å²) in [6.45, 7) is 11.3. The number of carboxylic acids is 1. The van der Waals surface area contributed by atoms with E-state index in [1.165, 1.54) is 0 Å². The lowest BCUT2D eigenvalue weighted by molar-refractivity contribution is -0.162. The number of likely N-dealkylation sites (tertiary alicyclic amines) is 2. The maximum absolute atomic E-state index is 11.6. The van der Waals surface area contributed by atoms with Gasteiger partial charge < -0.3 is 9.84 Å². The summed E-state index contributed by atoms with van der Waals surface area (Å²) in [6.07, 6.45) is 1.07. The molecule has 0 saturated carbocycles. The third-order valence-corrected chi connectivity index (χ3v) is 3.98. The van der Waals surface area contributed by atoms with Crippen LogP contribution in [0.5, 0.6) is 0 Å². The van der Waals surface area contributed by atoms with Crippen LogP contribution in [0.1, 0.15) is 46.5 Å². The summed E-state index contributed by atoms with van der Waals surface area (Å²) in [5.41, 5.74) is 0.0182. The molecule has 2 aliphatic heterocycles. The topological polar surface area (TPSA) is 138 Å². The molecule has 0 unspecified atom stereocenters. The lowest BCUT2D eigenvalue weighted by atomic mass is 10.1. The summed E-state index contributed by atoms with van der Waals surface area (Å²) in [5.74, 6) is -3.64. The molecular weight excluding hydrogens is 396 g/mol. The number of hydrogen-bond acceptors (Lipinski definition) is 7. The molecule has 10 nitrogen and oxygen atoms in total. The fourth-order valence-electron chi connectivity index (χ4n) is 2.57. The van der Waals surface area contributed by atoms with Gasteiger partial charge in [0.15, 0.2) is 0 Å². The molecule has 2 saturated heterocycles. The van der Waals surface area contributed by atoms with E-state index < -0.39 is 41.8 Å². The van der Waals surface area contributed by atoms with E-state index in [0.717, 1.165) is 4.90 Å². The van der Waals surface area contributed by atoms with Gasteiger partial charge in [-0.15, -0.1) is 0 Å². The highest BCUT2D eigenvalue weighted by Crippen LogP contribution is 2.17. The first kappa shape index (κ1) is 24.7. The van der Waals surface area contributed by atoms with Gasteiger partial charge in [0.05, 0.1) is 0 Å². The summed E-state index contributed by atoms with van der Waals surface area (Å²) < 4.78 is 5.06. The zero-order valence-electron chi connectivity index (χ0n) is 17.4. The van der Waals surface area contributed by atoms with Crippen molar-refractivity contribution in [2.24, 2.45) is 0 Å². The molecule has 2 aliphatic rings. The van der Waals surface area contributed by atoms with E-state index in [2.05, 4.69) is 13.2 Å². The molecule has 4 amide bonds. The number of amides is 4. The number of piperidine rings is 2. The third kappa shape index (κ3) is 7.26. The number of esters is 1.